The van der Waals surface area contributed by atoms with Crippen LogP contribution in [0.3, 0.4) is 0 Å². The highest BCUT2D eigenvalue weighted by molar-refractivity contribution is 6.30. The standard InChI is InChI=1S/C21H17ClN4O/c22-15-10-11-23-19(13-15)21(27)26-18(12-14-6-2-1-3-7-14)20-24-16-8-4-5-9-17(16)25-20/h1-11,13,18H,12H2,(H,24,25)(H,26,27)/t18-/m0/s1. The maximum atomic E-state index is 12.7. The first-order chi connectivity index (χ1) is 13.2. The normalized spacial score (nSPS) is 12.0. The van der Waals surface area contributed by atoms with Gasteiger partial charge in [-0.3, -0.25) is 9.78 Å². The number of amides is 1. The number of aromatic nitrogens is 3. The summed E-state index contributed by atoms with van der Waals surface area (Å²) in [6.07, 6.45) is 2.12. The van der Waals surface area contributed by atoms with Gasteiger partial charge < -0.3 is 10.3 Å². The van der Waals surface area contributed by atoms with E-state index in [0.29, 0.717) is 17.3 Å². The molecule has 2 aromatic carbocycles. The molecule has 2 aromatic heterocycles. The van der Waals surface area contributed by atoms with Gasteiger partial charge in [0.2, 0.25) is 0 Å². The van der Waals surface area contributed by atoms with Crippen LogP contribution in [-0.4, -0.2) is 20.9 Å². The van der Waals surface area contributed by atoms with Gasteiger partial charge in [-0.2, -0.15) is 0 Å². The minimum Gasteiger partial charge on any atom is -0.340 e. The molecule has 134 valence electrons. The number of fused-ring (bicyclic) bond motifs is 1. The van der Waals surface area contributed by atoms with Crippen LogP contribution in [0.1, 0.15) is 27.9 Å². The number of pyridine rings is 1. The minimum atomic E-state index is -0.326. The molecule has 5 nitrogen and oxygen atoms in total. The second-order valence-corrected chi connectivity index (χ2v) is 6.65. The Kier molecular flexibility index (Phi) is 4.85. The molecule has 0 spiro atoms. The van der Waals surface area contributed by atoms with Crippen molar-refractivity contribution >= 4 is 28.5 Å². The molecule has 4 aromatic rings. The molecule has 0 aliphatic heterocycles. The molecular weight excluding hydrogens is 360 g/mol. The summed E-state index contributed by atoms with van der Waals surface area (Å²) in [6.45, 7) is 0. The fourth-order valence-corrected chi connectivity index (χ4v) is 3.12. The topological polar surface area (TPSA) is 70.7 Å². The molecule has 1 atom stereocenters. The van der Waals surface area contributed by atoms with Crippen LogP contribution in [0.15, 0.2) is 72.9 Å². The van der Waals surface area contributed by atoms with E-state index in [2.05, 4.69) is 20.3 Å². The summed E-state index contributed by atoms with van der Waals surface area (Å²) in [5, 5.41) is 3.50. The lowest BCUT2D eigenvalue weighted by Crippen LogP contribution is -2.31. The third-order valence-electron chi connectivity index (χ3n) is 4.28. The van der Waals surface area contributed by atoms with Crippen molar-refractivity contribution in [1.82, 2.24) is 20.3 Å². The van der Waals surface area contributed by atoms with E-state index in [1.54, 1.807) is 12.1 Å². The van der Waals surface area contributed by atoms with Crippen molar-refractivity contribution in [2.75, 3.05) is 0 Å². The van der Waals surface area contributed by atoms with E-state index in [4.69, 9.17) is 11.6 Å². The Morgan fingerprint density at radius 3 is 2.63 bits per heavy atom. The maximum Gasteiger partial charge on any atom is 0.270 e. The van der Waals surface area contributed by atoms with Crippen molar-refractivity contribution in [1.29, 1.82) is 0 Å². The number of carbonyl (C=O) groups is 1. The Bertz CT molecular complexity index is 1040. The molecule has 0 bridgehead atoms. The predicted molar refractivity (Wildman–Crippen MR) is 106 cm³/mol. The van der Waals surface area contributed by atoms with Crippen molar-refractivity contribution in [2.24, 2.45) is 0 Å². The highest BCUT2D eigenvalue weighted by Crippen LogP contribution is 2.20. The molecule has 0 saturated carbocycles. The van der Waals surface area contributed by atoms with Gasteiger partial charge in [-0.05, 0) is 36.2 Å². The number of para-hydroxylation sites is 2. The first kappa shape index (κ1) is 17.2. The van der Waals surface area contributed by atoms with Crippen LogP contribution in [0.2, 0.25) is 5.02 Å². The van der Waals surface area contributed by atoms with Crippen molar-refractivity contribution in [2.45, 2.75) is 12.5 Å². The SMILES string of the molecule is O=C(N[C@@H](Cc1ccccc1)c1nc2ccccc2[nH]1)c1cc(Cl)ccn1. The lowest BCUT2D eigenvalue weighted by molar-refractivity contribution is 0.0930. The quantitative estimate of drug-likeness (QED) is 0.544. The van der Waals surface area contributed by atoms with Gasteiger partial charge in [0.05, 0.1) is 17.1 Å². The molecule has 0 unspecified atom stereocenters. The van der Waals surface area contributed by atoms with Gasteiger partial charge in [-0.15, -0.1) is 0 Å². The van der Waals surface area contributed by atoms with Gasteiger partial charge in [-0.1, -0.05) is 54.1 Å². The summed E-state index contributed by atoms with van der Waals surface area (Å²) < 4.78 is 0. The summed E-state index contributed by atoms with van der Waals surface area (Å²) in [5.41, 5.74) is 3.17. The van der Waals surface area contributed by atoms with Gasteiger partial charge >= 0.3 is 0 Å². The Hall–Kier alpha value is -3.18. The highest BCUT2D eigenvalue weighted by atomic mass is 35.5. The maximum absolute atomic E-state index is 12.7. The number of halogens is 1. The van der Waals surface area contributed by atoms with Crippen LogP contribution in [0, 0.1) is 0 Å². The van der Waals surface area contributed by atoms with Crippen LogP contribution in [0.4, 0.5) is 0 Å². The average molecular weight is 377 g/mol. The Morgan fingerprint density at radius 2 is 1.85 bits per heavy atom. The largest absolute Gasteiger partial charge is 0.340 e. The van der Waals surface area contributed by atoms with Gasteiger partial charge in [0.1, 0.15) is 11.5 Å². The minimum absolute atomic E-state index is 0.275. The number of rotatable bonds is 5. The zero-order chi connectivity index (χ0) is 18.6. The van der Waals surface area contributed by atoms with Gasteiger partial charge in [-0.25, -0.2) is 4.98 Å². The Balaban J connectivity index is 1.66. The first-order valence-electron chi connectivity index (χ1n) is 8.60. The molecule has 0 fully saturated rings. The number of carbonyl (C=O) groups excluding carboxylic acids is 1. The fourth-order valence-electron chi connectivity index (χ4n) is 2.96. The predicted octanol–water partition coefficient (Wildman–Crippen LogP) is 4.33. The average Bonchev–Trinajstić information content (AvgIpc) is 3.12. The van der Waals surface area contributed by atoms with Crippen LogP contribution >= 0.6 is 11.6 Å². The van der Waals surface area contributed by atoms with Crippen molar-refractivity contribution in [3.63, 3.8) is 0 Å². The third-order valence-corrected chi connectivity index (χ3v) is 4.52. The number of H-pyrrole nitrogens is 1. The van der Waals surface area contributed by atoms with Crippen LogP contribution < -0.4 is 5.32 Å². The number of hydrogen-bond donors (Lipinski definition) is 2. The zero-order valence-electron chi connectivity index (χ0n) is 14.4. The number of hydrogen-bond acceptors (Lipinski definition) is 3. The molecule has 4 rings (SSSR count). The number of imidazole rings is 1. The van der Waals surface area contributed by atoms with E-state index in [1.807, 2.05) is 54.6 Å². The van der Waals surface area contributed by atoms with Crippen molar-refractivity contribution in [3.05, 3.63) is 95.0 Å². The lowest BCUT2D eigenvalue weighted by Gasteiger charge is -2.17. The molecule has 27 heavy (non-hydrogen) atoms. The van der Waals surface area contributed by atoms with Crippen LogP contribution in [0.25, 0.3) is 11.0 Å². The smallest absolute Gasteiger partial charge is 0.270 e. The monoisotopic (exact) mass is 376 g/mol. The molecule has 0 radical (unpaired) electrons. The summed E-state index contributed by atoms with van der Waals surface area (Å²) in [6, 6.07) is 20.6. The van der Waals surface area contributed by atoms with E-state index in [1.165, 1.54) is 6.20 Å². The molecular formula is C21H17ClN4O. The van der Waals surface area contributed by atoms with Gasteiger partial charge in [0.15, 0.2) is 0 Å². The summed E-state index contributed by atoms with van der Waals surface area (Å²) >= 11 is 5.99. The third kappa shape index (κ3) is 3.99. The second-order valence-electron chi connectivity index (χ2n) is 6.21. The molecule has 2 heterocycles. The molecule has 0 saturated heterocycles. The fraction of sp³-hybridized carbons (Fsp3) is 0.0952. The highest BCUT2D eigenvalue weighted by Gasteiger charge is 2.20. The van der Waals surface area contributed by atoms with Gasteiger partial charge in [0, 0.05) is 11.2 Å². The molecule has 2 N–H and O–H groups in total. The van der Waals surface area contributed by atoms with Gasteiger partial charge in [0.25, 0.3) is 5.91 Å². The van der Waals surface area contributed by atoms with E-state index in [0.717, 1.165) is 16.6 Å². The number of nitrogens with one attached hydrogen (secondary N) is 2. The second kappa shape index (κ2) is 7.60. The molecule has 0 aliphatic carbocycles. The summed E-state index contributed by atoms with van der Waals surface area (Å²) in [5.74, 6) is 0.411. The molecule has 1 amide bonds. The molecule has 6 heteroatoms. The zero-order valence-corrected chi connectivity index (χ0v) is 15.1. The van der Waals surface area contributed by atoms with E-state index in [-0.39, 0.29) is 17.6 Å². The Morgan fingerprint density at radius 1 is 1.07 bits per heavy atom. The number of aromatic amines is 1. The van der Waals surface area contributed by atoms with E-state index < -0.39 is 0 Å². The van der Waals surface area contributed by atoms with Crippen LogP contribution in [0.5, 0.6) is 0 Å². The number of benzene rings is 2. The van der Waals surface area contributed by atoms with Crippen molar-refractivity contribution in [3.8, 4) is 0 Å². The summed E-state index contributed by atoms with van der Waals surface area (Å²) in [4.78, 5) is 24.8. The first-order valence-corrected chi connectivity index (χ1v) is 8.98. The van der Waals surface area contributed by atoms with Crippen LogP contribution in [-0.2, 0) is 6.42 Å². The number of nitrogens with zero attached hydrogens (tertiary/aromatic N) is 2. The van der Waals surface area contributed by atoms with Crippen molar-refractivity contribution < 1.29 is 4.79 Å². The summed E-state index contributed by atoms with van der Waals surface area (Å²) in [7, 11) is 0. The van der Waals surface area contributed by atoms with E-state index >= 15 is 0 Å². The van der Waals surface area contributed by atoms with E-state index in [9.17, 15) is 4.79 Å². The molecule has 0 aliphatic rings. The lowest BCUT2D eigenvalue weighted by atomic mass is 10.1. The Labute approximate surface area is 161 Å².